The monoisotopic (exact) mass is 485 g/mol. The lowest BCUT2D eigenvalue weighted by Crippen LogP contribution is -3.00. The zero-order valence-corrected chi connectivity index (χ0v) is 16.8. The highest BCUT2D eigenvalue weighted by molar-refractivity contribution is 7.12. The van der Waals surface area contributed by atoms with Crippen molar-refractivity contribution >= 4 is 28.6 Å². The Morgan fingerprint density at radius 2 is 1.93 bits per heavy atom. The van der Waals surface area contributed by atoms with Crippen LogP contribution in [-0.4, -0.2) is 60.0 Å². The fourth-order valence-electron chi connectivity index (χ4n) is 3.38. The van der Waals surface area contributed by atoms with E-state index in [1.807, 2.05) is 0 Å². The number of carbonyl (C=O) groups is 1. The standard InChI is InChI=1S/C19H22NO4S2.BrH/c1-20(2)12-9-11(10-13(20)17-16(12)24-17)23-18(21)19(22,14-5-3-7-25-14)15-6-4-8-26-15;/h3-8,11-13,16-17,22H,9-10H2,1-2H3;1H/q+1;/p-1/i1D3,3D,4D,5D,6D,7D,8D,9D2,10D2,11D;. The average molecular weight is 487 g/mol. The molecule has 27 heavy (non-hydrogen) atoms. The average Bonchev–Trinajstić information content (AvgIpc) is 3.37. The molecule has 146 valence electrons. The molecule has 0 saturated carbocycles. The van der Waals surface area contributed by atoms with Gasteiger partial charge in [0.2, 0.25) is 5.60 Å². The lowest BCUT2D eigenvalue weighted by atomic mass is 9.95. The van der Waals surface area contributed by atoms with Gasteiger partial charge in [-0.25, -0.2) is 4.79 Å². The van der Waals surface area contributed by atoms with Crippen LogP contribution in [-0.2, 0) is 19.9 Å². The maximum absolute atomic E-state index is 13.9. The number of carbonyl (C=O) groups excluding carboxylic acids is 1. The van der Waals surface area contributed by atoms with Gasteiger partial charge in [-0.05, 0) is 22.8 Å². The fourth-order valence-corrected chi connectivity index (χ4v) is 4.72. The van der Waals surface area contributed by atoms with Crippen LogP contribution >= 0.6 is 22.7 Å². The van der Waals surface area contributed by atoms with Crippen molar-refractivity contribution in [3.05, 3.63) is 44.6 Å². The van der Waals surface area contributed by atoms with Crippen molar-refractivity contribution in [2.24, 2.45) is 0 Å². The lowest BCUT2D eigenvalue weighted by molar-refractivity contribution is -0.938. The number of epoxide rings is 1. The van der Waals surface area contributed by atoms with Crippen molar-refractivity contribution in [1.82, 2.24) is 0 Å². The molecule has 3 saturated heterocycles. The van der Waals surface area contributed by atoms with Crippen molar-refractivity contribution in [3.8, 4) is 0 Å². The topological polar surface area (TPSA) is 59.1 Å². The van der Waals surface area contributed by atoms with Gasteiger partial charge in [0.05, 0.1) is 37.5 Å². The van der Waals surface area contributed by atoms with Gasteiger partial charge >= 0.3 is 5.97 Å². The maximum atomic E-state index is 13.9. The molecule has 3 aliphatic heterocycles. The number of nitrogens with zero attached hydrogens (tertiary/aromatic N) is 1. The smallest absolute Gasteiger partial charge is 0.349 e. The zero-order valence-electron chi connectivity index (χ0n) is 27.6. The van der Waals surface area contributed by atoms with Crippen LogP contribution in [0.15, 0.2) is 34.9 Å². The molecular weight excluding hydrogens is 450 g/mol. The first-order valence-corrected chi connectivity index (χ1v) is 9.27. The summed E-state index contributed by atoms with van der Waals surface area (Å²) in [6.07, 6.45) is -12.2. The van der Waals surface area contributed by atoms with Gasteiger partial charge in [-0.2, -0.15) is 0 Å². The van der Waals surface area contributed by atoms with E-state index in [2.05, 4.69) is 0 Å². The Labute approximate surface area is 196 Å². The van der Waals surface area contributed by atoms with Gasteiger partial charge in [0.1, 0.15) is 30.4 Å². The van der Waals surface area contributed by atoms with Gasteiger partial charge in [0, 0.05) is 18.2 Å². The Morgan fingerprint density at radius 3 is 2.37 bits per heavy atom. The molecule has 1 N–H and O–H groups in total. The van der Waals surface area contributed by atoms with Crippen LogP contribution in [0.2, 0.25) is 0 Å². The molecule has 5 heterocycles. The Hall–Kier alpha value is -0.770. The van der Waals surface area contributed by atoms with Crippen LogP contribution in [0.4, 0.5) is 0 Å². The molecular formula is C19H22BrNO4S2. The molecule has 0 radical (unpaired) electrons. The van der Waals surface area contributed by atoms with E-state index in [1.165, 1.54) is 0 Å². The van der Waals surface area contributed by atoms with Crippen LogP contribution in [0.5, 0.6) is 0 Å². The first kappa shape index (κ1) is 8.93. The molecule has 4 atom stereocenters. The molecule has 0 aliphatic carbocycles. The van der Waals surface area contributed by atoms with E-state index in [1.54, 1.807) is 0 Å². The number of piperidine rings is 1. The number of fused-ring (bicyclic) bond motifs is 5. The minimum absolute atomic E-state index is 0. The number of quaternary nitrogens is 1. The first-order chi connectivity index (χ1) is 18.0. The molecule has 0 spiro atoms. The second-order valence-electron chi connectivity index (χ2n) is 6.39. The summed E-state index contributed by atoms with van der Waals surface area (Å²) in [6, 6.07) is -6.49. The number of aliphatic hydroxyl groups is 1. The normalized spacial score (nSPS) is 51.0. The predicted octanol–water partition coefficient (Wildman–Crippen LogP) is -0.650. The minimum atomic E-state index is -3.50. The van der Waals surface area contributed by atoms with Crippen molar-refractivity contribution in [2.75, 3.05) is 14.0 Å². The summed E-state index contributed by atoms with van der Waals surface area (Å²) >= 11 is 0.550. The summed E-state index contributed by atoms with van der Waals surface area (Å²) in [7, 11) is 1.12. The second-order valence-corrected chi connectivity index (χ2v) is 8.02. The minimum Gasteiger partial charge on any atom is -1.00 e. The zero-order chi connectivity index (χ0) is 30.3. The summed E-state index contributed by atoms with van der Waals surface area (Å²) in [5, 5.41) is 10.7. The number of halogens is 1. The largest absolute Gasteiger partial charge is 1.00 e. The van der Waals surface area contributed by atoms with Crippen molar-refractivity contribution in [1.29, 1.82) is 0 Å². The molecule has 3 aliphatic rings. The van der Waals surface area contributed by atoms with Crippen LogP contribution < -0.4 is 17.0 Å². The van der Waals surface area contributed by atoms with Gasteiger partial charge in [-0.3, -0.25) is 0 Å². The van der Waals surface area contributed by atoms with E-state index in [4.69, 9.17) is 28.7 Å². The third-order valence-electron chi connectivity index (χ3n) is 4.81. The van der Waals surface area contributed by atoms with Gasteiger partial charge in [0.15, 0.2) is 0 Å². The quantitative estimate of drug-likeness (QED) is 0.355. The highest BCUT2D eigenvalue weighted by atomic mass is 79.9. The molecule has 0 amide bonds. The Balaban J connectivity index is 0.00000387. The first-order valence-electron chi connectivity index (χ1n) is 14.6. The van der Waals surface area contributed by atoms with Gasteiger partial charge in [0.25, 0.3) is 0 Å². The molecule has 3 fully saturated rings. The van der Waals surface area contributed by atoms with E-state index in [-0.39, 0.29) is 39.7 Å². The summed E-state index contributed by atoms with van der Waals surface area (Å²) in [4.78, 5) is 12.4. The van der Waals surface area contributed by atoms with Crippen molar-refractivity contribution in [3.63, 3.8) is 0 Å². The van der Waals surface area contributed by atoms with Gasteiger partial charge < -0.3 is 36.0 Å². The third kappa shape index (κ3) is 2.84. The van der Waals surface area contributed by atoms with E-state index in [9.17, 15) is 9.90 Å². The molecule has 5 nitrogen and oxygen atoms in total. The van der Waals surface area contributed by atoms with E-state index >= 15 is 0 Å². The number of thiophene rings is 2. The van der Waals surface area contributed by atoms with E-state index in [0.29, 0.717) is 0 Å². The number of rotatable bonds is 4. The van der Waals surface area contributed by atoms with Crippen LogP contribution in [0.1, 0.15) is 41.7 Å². The van der Waals surface area contributed by atoms with E-state index in [0.717, 1.165) is 7.05 Å². The maximum Gasteiger partial charge on any atom is 0.349 e. The molecule has 0 aromatic carbocycles. The Kier molecular flexibility index (Phi) is 2.20. The lowest BCUT2D eigenvalue weighted by Gasteiger charge is -2.45. The third-order valence-corrected chi connectivity index (χ3v) is 6.42. The number of hydrogen-bond acceptors (Lipinski definition) is 6. The van der Waals surface area contributed by atoms with Gasteiger partial charge in [-0.1, -0.05) is 12.1 Å². The molecule has 2 bridgehead atoms. The Bertz CT molecular complexity index is 1360. The van der Waals surface area contributed by atoms with Crippen molar-refractivity contribution < 1.29 is 60.0 Å². The Morgan fingerprint density at radius 1 is 1.37 bits per heavy atom. The molecule has 2 aromatic rings. The summed E-state index contributed by atoms with van der Waals surface area (Å²) in [6.45, 7) is -2.96. The van der Waals surface area contributed by atoms with Crippen molar-refractivity contribution in [2.45, 2.75) is 48.7 Å². The second kappa shape index (κ2) is 6.64. The fraction of sp³-hybridized carbons (Fsp3) is 0.526. The van der Waals surface area contributed by atoms with Crippen LogP contribution in [0.25, 0.3) is 0 Å². The highest BCUT2D eigenvalue weighted by Crippen LogP contribution is 2.52. The SMILES string of the molecule is [2H]c1sc(C(O)(C(=O)OC2([2H])C([2H])([2H])C3C4OC4C(C2([2H])[2H])[N+]3(C)C([2H])([2H])[2H])c2sc([2H])c([2H])c2[2H])c([2H])c1[2H].[Br-]. The summed E-state index contributed by atoms with van der Waals surface area (Å²) in [5.41, 5.74) is -3.30. The number of ether oxygens (including phenoxy) is 2. The molecule has 8 heteroatoms. The number of morpholine rings is 1. The summed E-state index contributed by atoms with van der Waals surface area (Å²) < 4.78 is 126. The predicted molar refractivity (Wildman–Crippen MR) is 99.1 cm³/mol. The van der Waals surface area contributed by atoms with Crippen LogP contribution in [0, 0.1) is 0 Å². The molecule has 4 unspecified atom stereocenters. The highest BCUT2D eigenvalue weighted by Gasteiger charge is 2.71. The molecule has 5 rings (SSSR count). The number of esters is 1. The molecule has 2 aromatic heterocycles. The van der Waals surface area contributed by atoms with Crippen LogP contribution in [0.3, 0.4) is 0 Å². The number of likely N-dealkylation sites (N-methyl/N-ethyl adjacent to an activating group) is 1. The van der Waals surface area contributed by atoms with E-state index < -0.39 is 111 Å². The van der Waals surface area contributed by atoms with Gasteiger partial charge in [-0.15, -0.1) is 22.7 Å². The number of hydrogen-bond donors (Lipinski definition) is 1. The summed E-state index contributed by atoms with van der Waals surface area (Å²) in [5.74, 6) is -1.95.